The van der Waals surface area contributed by atoms with Crippen molar-refractivity contribution in [3.05, 3.63) is 59.7 Å². The predicted molar refractivity (Wildman–Crippen MR) is 93.5 cm³/mol. The van der Waals surface area contributed by atoms with Crippen LogP contribution in [0, 0.1) is 17.0 Å². The van der Waals surface area contributed by atoms with E-state index < -0.39 is 32.7 Å². The average molecular weight is 384 g/mol. The highest BCUT2D eigenvalue weighted by atomic mass is 32.2. The van der Waals surface area contributed by atoms with Crippen molar-refractivity contribution < 1.29 is 22.3 Å². The summed E-state index contributed by atoms with van der Waals surface area (Å²) in [6.07, 6.45) is -1.07. The van der Waals surface area contributed by atoms with Crippen molar-refractivity contribution in [3.8, 4) is 0 Å². The van der Waals surface area contributed by atoms with Gasteiger partial charge in [-0.2, -0.15) is 0 Å². The summed E-state index contributed by atoms with van der Waals surface area (Å²) < 4.78 is 52.2. The third-order valence-electron chi connectivity index (χ3n) is 3.45. The molecule has 0 amide bonds. The Labute approximate surface area is 149 Å². The van der Waals surface area contributed by atoms with Crippen LogP contribution in [-0.4, -0.2) is 38.6 Å². The molecule has 10 heteroatoms. The van der Waals surface area contributed by atoms with Crippen LogP contribution in [0.3, 0.4) is 0 Å². The summed E-state index contributed by atoms with van der Waals surface area (Å²) in [6, 6.07) is 8.79. The Bertz CT molecular complexity index is 889. The molecule has 7 nitrogen and oxygen atoms in total. The number of anilines is 1. The summed E-state index contributed by atoms with van der Waals surface area (Å²) in [7, 11) is -4.07. The highest BCUT2D eigenvalue weighted by Gasteiger charge is 2.17. The van der Waals surface area contributed by atoms with E-state index in [1.54, 1.807) is 24.3 Å². The number of halogens is 2. The van der Waals surface area contributed by atoms with Crippen molar-refractivity contribution in [2.75, 3.05) is 18.4 Å². The van der Waals surface area contributed by atoms with Crippen LogP contribution in [-0.2, 0) is 10.0 Å². The van der Waals surface area contributed by atoms with Crippen LogP contribution in [0.15, 0.2) is 47.4 Å². The van der Waals surface area contributed by atoms with E-state index in [1.807, 2.05) is 0 Å². The minimum absolute atomic E-state index is 0.0414. The second-order valence-electron chi connectivity index (χ2n) is 5.45. The van der Waals surface area contributed by atoms with Gasteiger partial charge in [0.25, 0.3) is 0 Å². The smallest absolute Gasteiger partial charge is 0.240 e. The molecule has 0 aromatic heterocycles. The molecular weight excluding hydrogens is 366 g/mol. The Morgan fingerprint density at radius 1 is 1.12 bits per heavy atom. The number of hydrogen-bond donors (Lipinski definition) is 5. The first kappa shape index (κ1) is 19.8. The quantitative estimate of drug-likeness (QED) is 0.343. The normalized spacial score (nSPS) is 12.6. The fourth-order valence-electron chi connectivity index (χ4n) is 2.01. The number of nitrogens with one attached hydrogen (secondary N) is 3. The molecule has 26 heavy (non-hydrogen) atoms. The maximum absolute atomic E-state index is 13.1. The zero-order chi connectivity index (χ0) is 19.3. The van der Waals surface area contributed by atoms with Gasteiger partial charge in [-0.1, -0.05) is 0 Å². The number of rotatable bonds is 8. The lowest BCUT2D eigenvalue weighted by Crippen LogP contribution is -2.35. The monoisotopic (exact) mass is 384 g/mol. The second kappa shape index (κ2) is 8.21. The van der Waals surface area contributed by atoms with E-state index in [1.165, 1.54) is 0 Å². The van der Waals surface area contributed by atoms with Gasteiger partial charge in [-0.3, -0.25) is 5.41 Å². The van der Waals surface area contributed by atoms with Crippen molar-refractivity contribution in [1.82, 2.24) is 4.72 Å². The Kier molecular flexibility index (Phi) is 6.24. The van der Waals surface area contributed by atoms with Crippen LogP contribution in [0.1, 0.15) is 5.56 Å². The van der Waals surface area contributed by atoms with Gasteiger partial charge in [0.1, 0.15) is 5.84 Å². The topological polar surface area (TPSA) is 128 Å². The molecule has 0 aliphatic rings. The van der Waals surface area contributed by atoms with Crippen molar-refractivity contribution in [3.63, 3.8) is 0 Å². The molecule has 1 atom stereocenters. The van der Waals surface area contributed by atoms with Crippen molar-refractivity contribution in [1.29, 1.82) is 5.41 Å². The molecule has 6 N–H and O–H groups in total. The number of hydrogen-bond acceptors (Lipinski definition) is 5. The van der Waals surface area contributed by atoms with E-state index in [4.69, 9.17) is 11.1 Å². The van der Waals surface area contributed by atoms with Gasteiger partial charge in [-0.05, 0) is 42.5 Å². The number of amidine groups is 1. The maximum Gasteiger partial charge on any atom is 0.240 e. The van der Waals surface area contributed by atoms with Crippen LogP contribution < -0.4 is 15.8 Å². The lowest BCUT2D eigenvalue weighted by molar-refractivity contribution is 0.191. The summed E-state index contributed by atoms with van der Waals surface area (Å²) in [5, 5.41) is 20.1. The average Bonchev–Trinajstić information content (AvgIpc) is 2.60. The van der Waals surface area contributed by atoms with Crippen molar-refractivity contribution >= 4 is 21.5 Å². The van der Waals surface area contributed by atoms with Crippen molar-refractivity contribution in [2.24, 2.45) is 5.73 Å². The van der Waals surface area contributed by atoms with E-state index in [9.17, 15) is 22.3 Å². The molecule has 0 heterocycles. The van der Waals surface area contributed by atoms with E-state index >= 15 is 0 Å². The lowest BCUT2D eigenvalue weighted by atomic mass is 10.2. The first-order valence-electron chi connectivity index (χ1n) is 7.50. The molecule has 0 saturated carbocycles. The molecule has 0 spiro atoms. The lowest BCUT2D eigenvalue weighted by Gasteiger charge is -2.14. The summed E-state index contributed by atoms with van der Waals surface area (Å²) in [6.45, 7) is -0.278. The molecule has 2 rings (SSSR count). The number of aliphatic hydroxyl groups excluding tert-OH is 1. The van der Waals surface area contributed by atoms with Gasteiger partial charge >= 0.3 is 0 Å². The summed E-state index contributed by atoms with van der Waals surface area (Å²) in [5.41, 5.74) is 6.55. The third kappa shape index (κ3) is 5.22. The molecule has 2 aromatic carbocycles. The standard InChI is InChI=1S/C16H18F2N4O3S/c17-14-6-5-13(7-15(14)18)26(24,25)22-9-12(23)8-21-11-3-1-10(2-4-11)16(19)20/h1-7,12,21-23H,8-9H2,(H3,19,20). The Balaban J connectivity index is 1.88. The fraction of sp³-hybridized carbons (Fsp3) is 0.188. The van der Waals surface area contributed by atoms with E-state index in [-0.39, 0.29) is 18.9 Å². The van der Waals surface area contributed by atoms with E-state index in [0.29, 0.717) is 23.4 Å². The minimum atomic E-state index is -4.07. The summed E-state index contributed by atoms with van der Waals surface area (Å²) >= 11 is 0. The summed E-state index contributed by atoms with van der Waals surface area (Å²) in [5.74, 6) is -2.49. The molecule has 0 aliphatic carbocycles. The first-order chi connectivity index (χ1) is 12.2. The first-order valence-corrected chi connectivity index (χ1v) is 8.98. The Hall–Kier alpha value is -2.56. The van der Waals surface area contributed by atoms with Crippen LogP contribution in [0.4, 0.5) is 14.5 Å². The van der Waals surface area contributed by atoms with Crippen LogP contribution in [0.5, 0.6) is 0 Å². The van der Waals surface area contributed by atoms with Gasteiger partial charge in [0.15, 0.2) is 11.6 Å². The Morgan fingerprint density at radius 2 is 1.77 bits per heavy atom. The van der Waals surface area contributed by atoms with Crippen LogP contribution in [0.25, 0.3) is 0 Å². The zero-order valence-electron chi connectivity index (χ0n) is 13.5. The SMILES string of the molecule is N=C(N)c1ccc(NCC(O)CNS(=O)(=O)c2ccc(F)c(F)c2)cc1. The summed E-state index contributed by atoms with van der Waals surface area (Å²) in [4.78, 5) is -0.434. The van der Waals surface area contributed by atoms with Crippen LogP contribution >= 0.6 is 0 Å². The van der Waals surface area contributed by atoms with Gasteiger partial charge in [0.05, 0.1) is 11.0 Å². The number of aliphatic hydroxyl groups is 1. The minimum Gasteiger partial charge on any atom is -0.390 e. The number of nitrogen functional groups attached to an aromatic ring is 1. The van der Waals surface area contributed by atoms with Gasteiger partial charge in [0.2, 0.25) is 10.0 Å². The van der Waals surface area contributed by atoms with Gasteiger partial charge < -0.3 is 16.2 Å². The predicted octanol–water partition coefficient (Wildman–Crippen LogP) is 1.00. The highest BCUT2D eigenvalue weighted by Crippen LogP contribution is 2.13. The molecule has 0 bridgehead atoms. The number of nitrogens with two attached hydrogens (primary N) is 1. The molecular formula is C16H18F2N4O3S. The molecule has 140 valence electrons. The largest absolute Gasteiger partial charge is 0.390 e. The van der Waals surface area contributed by atoms with Gasteiger partial charge in [-0.15, -0.1) is 0 Å². The number of sulfonamides is 1. The van der Waals surface area contributed by atoms with Gasteiger partial charge in [-0.25, -0.2) is 21.9 Å². The molecule has 2 aromatic rings. The molecule has 0 radical (unpaired) electrons. The molecule has 0 saturated heterocycles. The molecule has 0 aliphatic heterocycles. The second-order valence-corrected chi connectivity index (χ2v) is 7.22. The Morgan fingerprint density at radius 3 is 2.35 bits per heavy atom. The fourth-order valence-corrected chi connectivity index (χ4v) is 3.09. The van der Waals surface area contributed by atoms with E-state index in [0.717, 1.165) is 6.07 Å². The third-order valence-corrected chi connectivity index (χ3v) is 4.87. The van der Waals surface area contributed by atoms with Crippen molar-refractivity contribution in [2.45, 2.75) is 11.0 Å². The molecule has 1 unspecified atom stereocenters. The maximum atomic E-state index is 13.1. The van der Waals surface area contributed by atoms with Crippen LogP contribution in [0.2, 0.25) is 0 Å². The molecule has 0 fully saturated rings. The number of benzene rings is 2. The van der Waals surface area contributed by atoms with Gasteiger partial charge in [0, 0.05) is 24.3 Å². The highest BCUT2D eigenvalue weighted by molar-refractivity contribution is 7.89. The zero-order valence-corrected chi connectivity index (χ0v) is 14.4. The van der Waals surface area contributed by atoms with E-state index in [2.05, 4.69) is 10.0 Å².